The molecule has 1 aromatic heterocycles. The number of hydrogen-bond donors (Lipinski definition) is 1. The third-order valence-electron chi connectivity index (χ3n) is 4.27. The molecule has 7 nitrogen and oxygen atoms in total. The maximum Gasteiger partial charge on any atom is 0.573 e. The van der Waals surface area contributed by atoms with E-state index in [1.54, 1.807) is 70.4 Å². The third-order valence-corrected chi connectivity index (χ3v) is 4.27. The molecule has 0 unspecified atom stereocenters. The van der Waals surface area contributed by atoms with Gasteiger partial charge in [0.15, 0.2) is 11.5 Å². The molecule has 0 bridgehead atoms. The summed E-state index contributed by atoms with van der Waals surface area (Å²) in [6, 6.07) is 10.8. The van der Waals surface area contributed by atoms with Crippen LogP contribution in [0.1, 0.15) is 39.0 Å². The molecule has 0 radical (unpaired) electrons. The molecular formula is C26H33F3N2O5. The lowest BCUT2D eigenvalue weighted by Crippen LogP contribution is -2.28. The van der Waals surface area contributed by atoms with Crippen molar-refractivity contribution in [3.05, 3.63) is 76.5 Å². The molecule has 0 spiro atoms. The van der Waals surface area contributed by atoms with Gasteiger partial charge in [0, 0.05) is 18.5 Å². The van der Waals surface area contributed by atoms with Crippen LogP contribution in [0.5, 0.6) is 17.2 Å². The molecule has 0 saturated heterocycles. The molecule has 2 aromatic carbocycles. The number of hydrogen-bond acceptors (Lipinski definition) is 6. The predicted molar refractivity (Wildman–Crippen MR) is 132 cm³/mol. The van der Waals surface area contributed by atoms with E-state index in [4.69, 9.17) is 9.47 Å². The van der Waals surface area contributed by atoms with Crippen molar-refractivity contribution < 1.29 is 32.5 Å². The van der Waals surface area contributed by atoms with Crippen molar-refractivity contribution in [3.8, 4) is 22.9 Å². The minimum absolute atomic E-state index is 0.136. The standard InChI is InChI=1S/C16H20N2O4.C8H7F3O.C2H6/c1-11-15(19)18(8-7-17-11)12-5-6-13(14(9-12)21-4)22-10-16(2,3)20;1-6-2-4-7(5-3-6)12-8(9,10)11;1-2/h5-9,20H,10H2,1-4H3;2-5H,1H3;1-2H3. The third kappa shape index (κ3) is 10.4. The van der Waals surface area contributed by atoms with Crippen LogP contribution in [0.15, 0.2) is 59.7 Å². The topological polar surface area (TPSA) is 82.8 Å². The Balaban J connectivity index is 0.000000391. The van der Waals surface area contributed by atoms with Crippen LogP contribution in [-0.4, -0.2) is 40.3 Å². The molecule has 1 N–H and O–H groups in total. The van der Waals surface area contributed by atoms with Gasteiger partial charge in [-0.1, -0.05) is 31.5 Å². The summed E-state index contributed by atoms with van der Waals surface area (Å²) >= 11 is 0. The van der Waals surface area contributed by atoms with Crippen molar-refractivity contribution in [1.29, 1.82) is 0 Å². The summed E-state index contributed by atoms with van der Waals surface area (Å²) in [4.78, 5) is 16.1. The van der Waals surface area contributed by atoms with Crippen LogP contribution < -0.4 is 19.8 Å². The first-order valence-electron chi connectivity index (χ1n) is 11.2. The first kappa shape index (κ1) is 30.5. The lowest BCUT2D eigenvalue weighted by Gasteiger charge is -2.19. The van der Waals surface area contributed by atoms with Crippen LogP contribution in [0.2, 0.25) is 0 Å². The molecule has 36 heavy (non-hydrogen) atoms. The number of halogens is 3. The van der Waals surface area contributed by atoms with Crippen LogP contribution in [0.3, 0.4) is 0 Å². The van der Waals surface area contributed by atoms with Crippen molar-refractivity contribution in [1.82, 2.24) is 9.55 Å². The monoisotopic (exact) mass is 510 g/mol. The van der Waals surface area contributed by atoms with Crippen molar-refractivity contribution in [2.75, 3.05) is 13.7 Å². The second-order valence-electron chi connectivity index (χ2n) is 7.98. The second-order valence-corrected chi connectivity index (χ2v) is 7.98. The van der Waals surface area contributed by atoms with Gasteiger partial charge in [-0.05, 0) is 52.0 Å². The lowest BCUT2D eigenvalue weighted by molar-refractivity contribution is -0.274. The fourth-order valence-electron chi connectivity index (χ4n) is 2.63. The Morgan fingerprint density at radius 3 is 2.14 bits per heavy atom. The number of aliphatic hydroxyl groups is 1. The number of aryl methyl sites for hydroxylation is 2. The number of benzene rings is 2. The highest BCUT2D eigenvalue weighted by Crippen LogP contribution is 2.30. The van der Waals surface area contributed by atoms with Gasteiger partial charge in [0.05, 0.1) is 18.4 Å². The van der Waals surface area contributed by atoms with Crippen LogP contribution in [0.4, 0.5) is 13.2 Å². The minimum atomic E-state index is -4.60. The van der Waals surface area contributed by atoms with Crippen LogP contribution >= 0.6 is 0 Å². The Morgan fingerprint density at radius 2 is 1.61 bits per heavy atom. The minimum Gasteiger partial charge on any atom is -0.493 e. The molecule has 1 heterocycles. The first-order valence-corrected chi connectivity index (χ1v) is 11.2. The lowest BCUT2D eigenvalue weighted by atomic mass is 10.2. The van der Waals surface area contributed by atoms with E-state index in [1.165, 1.54) is 23.8 Å². The smallest absolute Gasteiger partial charge is 0.493 e. The fourth-order valence-corrected chi connectivity index (χ4v) is 2.63. The number of methoxy groups -OCH3 is 1. The van der Waals surface area contributed by atoms with Crippen LogP contribution in [0.25, 0.3) is 5.69 Å². The summed E-state index contributed by atoms with van der Waals surface area (Å²) in [6.07, 6.45) is -1.43. The zero-order valence-corrected chi connectivity index (χ0v) is 21.5. The highest BCUT2D eigenvalue weighted by Gasteiger charge is 2.30. The number of rotatable bonds is 6. The Labute approximate surface area is 209 Å². The Hall–Kier alpha value is -3.53. The van der Waals surface area contributed by atoms with Gasteiger partial charge in [-0.25, -0.2) is 0 Å². The van der Waals surface area contributed by atoms with Crippen LogP contribution in [-0.2, 0) is 0 Å². The van der Waals surface area contributed by atoms with Gasteiger partial charge in [0.2, 0.25) is 0 Å². The zero-order valence-electron chi connectivity index (χ0n) is 21.5. The van der Waals surface area contributed by atoms with Crippen molar-refractivity contribution in [3.63, 3.8) is 0 Å². The second kappa shape index (κ2) is 13.5. The zero-order chi connectivity index (χ0) is 27.5. The highest BCUT2D eigenvalue weighted by molar-refractivity contribution is 5.49. The molecule has 10 heteroatoms. The molecule has 0 aliphatic carbocycles. The van der Waals surface area contributed by atoms with Crippen LogP contribution in [0, 0.1) is 13.8 Å². The first-order chi connectivity index (χ1) is 16.8. The average Bonchev–Trinajstić information content (AvgIpc) is 2.81. The van der Waals surface area contributed by atoms with Gasteiger partial charge in [-0.15, -0.1) is 13.2 Å². The largest absolute Gasteiger partial charge is 0.573 e. The molecule has 3 rings (SSSR count). The highest BCUT2D eigenvalue weighted by atomic mass is 19.4. The van der Waals surface area contributed by atoms with E-state index >= 15 is 0 Å². The molecule has 3 aromatic rings. The van der Waals surface area contributed by atoms with Gasteiger partial charge in [0.1, 0.15) is 18.1 Å². The van der Waals surface area contributed by atoms with Crippen molar-refractivity contribution >= 4 is 0 Å². The summed E-state index contributed by atoms with van der Waals surface area (Å²) in [5.74, 6) is 0.809. The molecule has 198 valence electrons. The predicted octanol–water partition coefficient (Wildman–Crippen LogP) is 5.62. The van der Waals surface area contributed by atoms with E-state index in [2.05, 4.69) is 9.72 Å². The number of nitrogens with zero attached hydrogens (tertiary/aromatic N) is 2. The summed E-state index contributed by atoms with van der Waals surface area (Å²) in [5, 5.41) is 9.72. The van der Waals surface area contributed by atoms with Gasteiger partial charge in [-0.2, -0.15) is 0 Å². The van der Waals surface area contributed by atoms with E-state index in [0.29, 0.717) is 22.9 Å². The summed E-state index contributed by atoms with van der Waals surface area (Å²) in [5.41, 5.74) is 0.842. The summed E-state index contributed by atoms with van der Waals surface area (Å²) in [7, 11) is 1.52. The summed E-state index contributed by atoms with van der Waals surface area (Å²) in [6.45, 7) is 10.9. The molecule has 0 aliphatic heterocycles. The Morgan fingerprint density at radius 1 is 1.00 bits per heavy atom. The summed E-state index contributed by atoms with van der Waals surface area (Å²) < 4.78 is 50.9. The van der Waals surface area contributed by atoms with E-state index in [1.807, 2.05) is 13.8 Å². The van der Waals surface area contributed by atoms with Crippen molar-refractivity contribution in [2.45, 2.75) is 53.5 Å². The van der Waals surface area contributed by atoms with Crippen molar-refractivity contribution in [2.24, 2.45) is 0 Å². The molecule has 0 aliphatic rings. The average molecular weight is 511 g/mol. The van der Waals surface area contributed by atoms with Gasteiger partial charge >= 0.3 is 6.36 Å². The van der Waals surface area contributed by atoms with E-state index in [-0.39, 0.29) is 17.9 Å². The van der Waals surface area contributed by atoms with E-state index < -0.39 is 12.0 Å². The van der Waals surface area contributed by atoms with Gasteiger partial charge in [-0.3, -0.25) is 14.3 Å². The fraction of sp³-hybridized carbons (Fsp3) is 0.385. The Bertz CT molecular complexity index is 1140. The molecule has 0 atom stereocenters. The normalized spacial score (nSPS) is 10.9. The number of ether oxygens (including phenoxy) is 3. The quantitative estimate of drug-likeness (QED) is 0.464. The van der Waals surface area contributed by atoms with E-state index in [0.717, 1.165) is 5.56 Å². The molecule has 0 fully saturated rings. The Kier molecular flexibility index (Phi) is 11.5. The van der Waals surface area contributed by atoms with Gasteiger partial charge in [0.25, 0.3) is 5.56 Å². The number of alkyl halides is 3. The maximum atomic E-state index is 12.1. The molecular weight excluding hydrogens is 477 g/mol. The number of aromatic nitrogens is 2. The SMILES string of the molecule is CC.COc1cc(-n2ccnc(C)c2=O)ccc1OCC(C)(C)O.Cc1ccc(OC(F)(F)F)cc1. The molecule has 0 amide bonds. The molecule has 0 saturated carbocycles. The van der Waals surface area contributed by atoms with Gasteiger partial charge < -0.3 is 19.3 Å². The van der Waals surface area contributed by atoms with E-state index in [9.17, 15) is 23.1 Å². The maximum absolute atomic E-state index is 12.1.